The van der Waals surface area contributed by atoms with E-state index in [0.29, 0.717) is 40.9 Å². The Balaban J connectivity index is 1.47. The Morgan fingerprint density at radius 2 is 2.20 bits per heavy atom. The van der Waals surface area contributed by atoms with Gasteiger partial charge < -0.3 is 15.0 Å². The Morgan fingerprint density at radius 3 is 2.90 bits per heavy atom. The van der Waals surface area contributed by atoms with Crippen LogP contribution in [-0.2, 0) is 0 Å². The Hall–Kier alpha value is -3.46. The lowest BCUT2D eigenvalue weighted by Crippen LogP contribution is -2.30. The van der Waals surface area contributed by atoms with Crippen LogP contribution in [0.3, 0.4) is 0 Å². The summed E-state index contributed by atoms with van der Waals surface area (Å²) in [6.45, 7) is 2.72. The summed E-state index contributed by atoms with van der Waals surface area (Å²) in [7, 11) is 3.61. The number of rotatable bonds is 6. The highest BCUT2D eigenvalue weighted by atomic mass is 16.5. The van der Waals surface area contributed by atoms with Gasteiger partial charge in [-0.25, -0.2) is 14.6 Å². The monoisotopic (exact) mass is 408 g/mol. The predicted molar refractivity (Wildman–Crippen MR) is 112 cm³/mol. The number of aromatic amines is 1. The number of H-pyrrole nitrogens is 1. The molecule has 0 saturated carbocycles. The minimum atomic E-state index is -0.252. The molecule has 1 unspecified atom stereocenters. The van der Waals surface area contributed by atoms with Gasteiger partial charge in [-0.15, -0.1) is 0 Å². The van der Waals surface area contributed by atoms with Crippen molar-refractivity contribution in [2.75, 3.05) is 33.8 Å². The normalized spacial score (nSPS) is 16.5. The fourth-order valence-electron chi connectivity index (χ4n) is 3.62. The maximum atomic E-state index is 12.8. The molecule has 4 rings (SSSR count). The van der Waals surface area contributed by atoms with E-state index >= 15 is 0 Å². The molecular formula is C21H24N6O3. The first kappa shape index (κ1) is 19.8. The standard InChI is InChI=1S/C21H24N6O3/c1-26-8-6-14(13-26)10-24-20(28)16-3-4-18(23-11-16)27-21(29)17(12-25-27)15-5-7-22-19(9-15)30-2/h3-5,7,9,11-12,14,25H,6,8,10,13H2,1-2H3,(H,24,28). The lowest BCUT2D eigenvalue weighted by molar-refractivity contribution is 0.0947. The fourth-order valence-corrected chi connectivity index (χ4v) is 3.62. The van der Waals surface area contributed by atoms with Gasteiger partial charge >= 0.3 is 0 Å². The van der Waals surface area contributed by atoms with Gasteiger partial charge in [-0.1, -0.05) is 0 Å². The quantitative estimate of drug-likeness (QED) is 0.637. The number of carbonyl (C=O) groups is 1. The third kappa shape index (κ3) is 4.11. The molecular weight excluding hydrogens is 384 g/mol. The van der Waals surface area contributed by atoms with Gasteiger partial charge in [-0.2, -0.15) is 0 Å². The summed E-state index contributed by atoms with van der Waals surface area (Å²) in [5.41, 5.74) is 1.37. The zero-order valence-electron chi connectivity index (χ0n) is 17.0. The van der Waals surface area contributed by atoms with Crippen molar-refractivity contribution in [3.05, 3.63) is 58.8 Å². The van der Waals surface area contributed by atoms with Crippen LogP contribution in [0.2, 0.25) is 0 Å². The zero-order chi connectivity index (χ0) is 21.1. The van der Waals surface area contributed by atoms with Crippen LogP contribution in [0, 0.1) is 5.92 Å². The lowest BCUT2D eigenvalue weighted by atomic mass is 10.1. The van der Waals surface area contributed by atoms with Gasteiger partial charge in [0.2, 0.25) is 5.88 Å². The van der Waals surface area contributed by atoms with Crippen LogP contribution in [0.4, 0.5) is 0 Å². The molecule has 1 saturated heterocycles. The number of methoxy groups -OCH3 is 1. The molecule has 1 atom stereocenters. The van der Waals surface area contributed by atoms with Crippen molar-refractivity contribution >= 4 is 5.91 Å². The van der Waals surface area contributed by atoms with Crippen LogP contribution < -0.4 is 15.6 Å². The van der Waals surface area contributed by atoms with Gasteiger partial charge in [0.25, 0.3) is 11.5 Å². The molecule has 0 spiro atoms. The Morgan fingerprint density at radius 1 is 1.33 bits per heavy atom. The number of hydrogen-bond acceptors (Lipinski definition) is 6. The van der Waals surface area contributed by atoms with Crippen LogP contribution in [0.1, 0.15) is 16.8 Å². The Kier molecular flexibility index (Phi) is 5.62. The van der Waals surface area contributed by atoms with E-state index in [1.165, 1.54) is 18.0 Å². The number of ether oxygens (including phenoxy) is 1. The maximum Gasteiger partial charge on any atom is 0.280 e. The van der Waals surface area contributed by atoms with Crippen molar-refractivity contribution in [3.63, 3.8) is 0 Å². The molecule has 3 aromatic heterocycles. The van der Waals surface area contributed by atoms with E-state index in [2.05, 4.69) is 32.3 Å². The van der Waals surface area contributed by atoms with Gasteiger partial charge in [0.15, 0.2) is 5.82 Å². The molecule has 2 N–H and O–H groups in total. The van der Waals surface area contributed by atoms with E-state index in [0.717, 1.165) is 19.5 Å². The Labute approximate surface area is 173 Å². The molecule has 156 valence electrons. The minimum absolute atomic E-state index is 0.160. The van der Waals surface area contributed by atoms with Gasteiger partial charge in [0.1, 0.15) is 0 Å². The second-order valence-corrected chi connectivity index (χ2v) is 7.45. The number of nitrogens with one attached hydrogen (secondary N) is 2. The number of hydrogen-bond donors (Lipinski definition) is 2. The molecule has 0 aromatic carbocycles. The van der Waals surface area contributed by atoms with E-state index in [1.807, 2.05) is 0 Å². The molecule has 1 amide bonds. The summed E-state index contributed by atoms with van der Waals surface area (Å²) in [5.74, 6) is 1.15. The first-order chi connectivity index (χ1) is 14.5. The third-order valence-electron chi connectivity index (χ3n) is 5.31. The summed E-state index contributed by atoms with van der Waals surface area (Å²) >= 11 is 0. The number of likely N-dealkylation sites (tertiary alicyclic amines) is 1. The zero-order valence-corrected chi connectivity index (χ0v) is 17.0. The predicted octanol–water partition coefficient (Wildman–Crippen LogP) is 1.31. The molecule has 1 aliphatic rings. The number of amides is 1. The highest BCUT2D eigenvalue weighted by Gasteiger charge is 2.20. The lowest BCUT2D eigenvalue weighted by Gasteiger charge is -2.11. The first-order valence-electron chi connectivity index (χ1n) is 9.79. The average molecular weight is 408 g/mol. The van der Waals surface area contributed by atoms with E-state index in [4.69, 9.17) is 4.74 Å². The number of carbonyl (C=O) groups excluding carboxylic acids is 1. The molecule has 0 bridgehead atoms. The third-order valence-corrected chi connectivity index (χ3v) is 5.31. The van der Waals surface area contributed by atoms with Gasteiger partial charge in [-0.3, -0.25) is 14.7 Å². The van der Waals surface area contributed by atoms with Crippen LogP contribution >= 0.6 is 0 Å². The SMILES string of the molecule is COc1cc(-c2c[nH]n(-c3ccc(C(=O)NCC4CCN(C)C4)cn3)c2=O)ccn1. The van der Waals surface area contributed by atoms with Crippen molar-refractivity contribution in [1.29, 1.82) is 0 Å². The Bertz CT molecular complexity index is 1090. The first-order valence-corrected chi connectivity index (χ1v) is 9.79. The van der Waals surface area contributed by atoms with Gasteiger partial charge in [-0.05, 0) is 49.7 Å². The van der Waals surface area contributed by atoms with Crippen LogP contribution in [-0.4, -0.2) is 64.3 Å². The molecule has 9 heteroatoms. The summed E-state index contributed by atoms with van der Waals surface area (Å²) in [4.78, 5) is 35.8. The molecule has 3 aromatic rings. The second kappa shape index (κ2) is 8.50. The number of aromatic nitrogens is 4. The topological polar surface area (TPSA) is 105 Å². The number of pyridine rings is 2. The molecule has 0 aliphatic carbocycles. The number of nitrogens with zero attached hydrogens (tertiary/aromatic N) is 4. The second-order valence-electron chi connectivity index (χ2n) is 7.45. The van der Waals surface area contributed by atoms with E-state index in [1.54, 1.807) is 36.7 Å². The van der Waals surface area contributed by atoms with Crippen LogP contribution in [0.5, 0.6) is 5.88 Å². The van der Waals surface area contributed by atoms with Crippen molar-refractivity contribution < 1.29 is 9.53 Å². The summed E-state index contributed by atoms with van der Waals surface area (Å²) < 4.78 is 6.45. The van der Waals surface area contributed by atoms with Crippen molar-refractivity contribution in [2.24, 2.45) is 5.92 Å². The smallest absolute Gasteiger partial charge is 0.280 e. The maximum absolute atomic E-state index is 12.8. The largest absolute Gasteiger partial charge is 0.481 e. The molecule has 30 heavy (non-hydrogen) atoms. The van der Waals surface area contributed by atoms with E-state index in [9.17, 15) is 9.59 Å². The van der Waals surface area contributed by atoms with Crippen molar-refractivity contribution in [3.8, 4) is 22.8 Å². The highest BCUT2D eigenvalue weighted by Crippen LogP contribution is 2.19. The minimum Gasteiger partial charge on any atom is -0.481 e. The van der Waals surface area contributed by atoms with Crippen molar-refractivity contribution in [1.82, 2.24) is 30.0 Å². The molecule has 0 radical (unpaired) electrons. The molecule has 1 fully saturated rings. The van der Waals surface area contributed by atoms with Crippen LogP contribution in [0.15, 0.2) is 47.7 Å². The van der Waals surface area contributed by atoms with E-state index in [-0.39, 0.29) is 11.5 Å². The summed E-state index contributed by atoms with van der Waals surface area (Å²) in [6, 6.07) is 6.74. The molecule has 9 nitrogen and oxygen atoms in total. The summed E-state index contributed by atoms with van der Waals surface area (Å²) in [5, 5.41) is 5.89. The average Bonchev–Trinajstić information content (AvgIpc) is 3.37. The molecule has 1 aliphatic heterocycles. The van der Waals surface area contributed by atoms with Gasteiger partial charge in [0, 0.05) is 37.7 Å². The highest BCUT2D eigenvalue weighted by molar-refractivity contribution is 5.93. The van der Waals surface area contributed by atoms with Crippen LogP contribution in [0.25, 0.3) is 16.9 Å². The summed E-state index contributed by atoms with van der Waals surface area (Å²) in [6.07, 6.45) is 5.77. The van der Waals surface area contributed by atoms with E-state index < -0.39 is 0 Å². The van der Waals surface area contributed by atoms with Gasteiger partial charge in [0.05, 0.1) is 18.2 Å². The van der Waals surface area contributed by atoms with Crippen molar-refractivity contribution in [2.45, 2.75) is 6.42 Å². The molecule has 4 heterocycles. The fraction of sp³-hybridized carbons (Fsp3) is 0.333.